The summed E-state index contributed by atoms with van der Waals surface area (Å²) >= 11 is 1.40. The fraction of sp³-hybridized carbons (Fsp3) is 0.500. The van der Waals surface area contributed by atoms with Crippen LogP contribution in [-0.2, 0) is 9.53 Å². The van der Waals surface area contributed by atoms with E-state index in [1.807, 2.05) is 12.1 Å². The number of nitrogens with one attached hydrogen (secondary N) is 1. The number of ether oxygens (including phenoxy) is 1. The summed E-state index contributed by atoms with van der Waals surface area (Å²) in [5.41, 5.74) is 3.19. The van der Waals surface area contributed by atoms with Crippen LogP contribution in [0, 0.1) is 0 Å². The Morgan fingerprint density at radius 2 is 1.90 bits per heavy atom. The van der Waals surface area contributed by atoms with Crippen LogP contribution >= 0.6 is 11.8 Å². The molecule has 6 nitrogen and oxygen atoms in total. The molecule has 3 heterocycles. The number of piperidine rings is 1. The molecule has 1 atom stereocenters. The summed E-state index contributed by atoms with van der Waals surface area (Å²) in [6.07, 6.45) is 6.17. The maximum absolute atomic E-state index is 12.0. The quantitative estimate of drug-likeness (QED) is 0.702. The monoisotopic (exact) mass is 412 g/mol. The average Bonchev–Trinajstić information content (AvgIpc) is 3.31. The number of carbonyl (C=O) groups is 1. The van der Waals surface area contributed by atoms with Crippen molar-refractivity contribution in [2.75, 3.05) is 36.9 Å². The molecule has 2 aliphatic rings. The number of rotatable bonds is 7. The van der Waals surface area contributed by atoms with E-state index >= 15 is 0 Å². The second kappa shape index (κ2) is 10.1. The highest BCUT2D eigenvalue weighted by atomic mass is 32.2. The predicted molar refractivity (Wildman–Crippen MR) is 116 cm³/mol. The van der Waals surface area contributed by atoms with Gasteiger partial charge in [0, 0.05) is 37.5 Å². The Balaban J connectivity index is 1.26. The van der Waals surface area contributed by atoms with Crippen LogP contribution in [0.15, 0.2) is 41.4 Å². The summed E-state index contributed by atoms with van der Waals surface area (Å²) in [4.78, 5) is 14.4. The Kier molecular flexibility index (Phi) is 7.00. The van der Waals surface area contributed by atoms with Crippen molar-refractivity contribution in [3.8, 4) is 11.3 Å². The second-order valence-electron chi connectivity index (χ2n) is 7.58. The van der Waals surface area contributed by atoms with E-state index in [4.69, 9.17) is 4.74 Å². The summed E-state index contributed by atoms with van der Waals surface area (Å²) in [7, 11) is 0. The molecule has 2 fully saturated rings. The Hall–Kier alpha value is -2.12. The summed E-state index contributed by atoms with van der Waals surface area (Å²) in [5.74, 6) is 0.343. The Morgan fingerprint density at radius 1 is 1.07 bits per heavy atom. The number of nitrogens with zero attached hydrogens (tertiary/aromatic N) is 3. The van der Waals surface area contributed by atoms with Crippen LogP contribution in [-0.4, -0.2) is 54.2 Å². The van der Waals surface area contributed by atoms with Crippen LogP contribution in [0.25, 0.3) is 11.3 Å². The highest BCUT2D eigenvalue weighted by Gasteiger charge is 2.16. The SMILES string of the molecule is O=C(CSc1ccc(-c2ccc(N3CCCCC3)cc2)nn1)NC[C@H]1CCCO1. The highest BCUT2D eigenvalue weighted by molar-refractivity contribution is 7.99. The summed E-state index contributed by atoms with van der Waals surface area (Å²) in [6.45, 7) is 3.69. The first-order valence-electron chi connectivity index (χ1n) is 10.5. The topological polar surface area (TPSA) is 67.4 Å². The third-order valence-electron chi connectivity index (χ3n) is 5.43. The van der Waals surface area contributed by atoms with Crippen LogP contribution in [0.4, 0.5) is 5.69 Å². The van der Waals surface area contributed by atoms with Gasteiger partial charge in [-0.1, -0.05) is 23.9 Å². The fourth-order valence-corrected chi connectivity index (χ4v) is 4.41. The van der Waals surface area contributed by atoms with Crippen molar-refractivity contribution in [3.63, 3.8) is 0 Å². The summed E-state index contributed by atoms with van der Waals surface area (Å²) in [6, 6.07) is 12.5. The van der Waals surface area contributed by atoms with Crippen LogP contribution in [0.3, 0.4) is 0 Å². The van der Waals surface area contributed by atoms with Crippen molar-refractivity contribution in [1.82, 2.24) is 15.5 Å². The second-order valence-corrected chi connectivity index (χ2v) is 8.57. The maximum Gasteiger partial charge on any atom is 0.230 e. The minimum Gasteiger partial charge on any atom is -0.376 e. The molecule has 1 N–H and O–H groups in total. The molecule has 0 saturated carbocycles. The summed E-state index contributed by atoms with van der Waals surface area (Å²) in [5, 5.41) is 12.3. The molecule has 0 unspecified atom stereocenters. The van der Waals surface area contributed by atoms with Gasteiger partial charge in [0.05, 0.1) is 17.6 Å². The first-order chi connectivity index (χ1) is 14.3. The molecular formula is C22H28N4O2S. The molecule has 4 rings (SSSR count). The lowest BCUT2D eigenvalue weighted by Gasteiger charge is -2.28. The molecule has 154 valence electrons. The minimum atomic E-state index is 0.00433. The average molecular weight is 413 g/mol. The Bertz CT molecular complexity index is 785. The molecule has 7 heteroatoms. The first kappa shape index (κ1) is 20.2. The van der Waals surface area contributed by atoms with Gasteiger partial charge in [-0.05, 0) is 56.4 Å². The molecule has 2 aromatic rings. The van der Waals surface area contributed by atoms with Gasteiger partial charge in [0.25, 0.3) is 0 Å². The van der Waals surface area contributed by atoms with Crippen molar-refractivity contribution in [3.05, 3.63) is 36.4 Å². The number of amides is 1. The zero-order valence-electron chi connectivity index (χ0n) is 16.7. The van der Waals surface area contributed by atoms with Gasteiger partial charge in [-0.25, -0.2) is 0 Å². The Morgan fingerprint density at radius 3 is 2.59 bits per heavy atom. The van der Waals surface area contributed by atoms with Gasteiger partial charge >= 0.3 is 0 Å². The highest BCUT2D eigenvalue weighted by Crippen LogP contribution is 2.25. The number of hydrogen-bond acceptors (Lipinski definition) is 6. The number of anilines is 1. The van der Waals surface area contributed by atoms with Crippen LogP contribution in [0.5, 0.6) is 0 Å². The van der Waals surface area contributed by atoms with Crippen LogP contribution < -0.4 is 10.2 Å². The molecule has 2 saturated heterocycles. The molecule has 0 spiro atoms. The fourth-order valence-electron chi connectivity index (χ4n) is 3.77. The largest absolute Gasteiger partial charge is 0.376 e. The minimum absolute atomic E-state index is 0.00433. The van der Waals surface area contributed by atoms with Gasteiger partial charge in [0.1, 0.15) is 5.03 Å². The molecule has 1 aromatic heterocycles. The van der Waals surface area contributed by atoms with Crippen molar-refractivity contribution >= 4 is 23.4 Å². The van der Waals surface area contributed by atoms with E-state index in [9.17, 15) is 4.79 Å². The lowest BCUT2D eigenvalue weighted by molar-refractivity contribution is -0.119. The molecule has 0 aliphatic carbocycles. The number of thioether (sulfide) groups is 1. The van der Waals surface area contributed by atoms with Crippen molar-refractivity contribution < 1.29 is 9.53 Å². The molecule has 29 heavy (non-hydrogen) atoms. The smallest absolute Gasteiger partial charge is 0.230 e. The molecule has 1 amide bonds. The van der Waals surface area contributed by atoms with E-state index in [2.05, 4.69) is 44.7 Å². The molecule has 0 bridgehead atoms. The lowest BCUT2D eigenvalue weighted by Crippen LogP contribution is -2.32. The van der Waals surface area contributed by atoms with E-state index in [0.29, 0.717) is 12.3 Å². The third-order valence-corrected chi connectivity index (χ3v) is 6.35. The van der Waals surface area contributed by atoms with Gasteiger partial charge in [-0.2, -0.15) is 0 Å². The van der Waals surface area contributed by atoms with Crippen LogP contribution in [0.2, 0.25) is 0 Å². The zero-order valence-corrected chi connectivity index (χ0v) is 17.5. The van der Waals surface area contributed by atoms with E-state index in [-0.39, 0.29) is 12.0 Å². The van der Waals surface area contributed by atoms with Crippen molar-refractivity contribution in [2.24, 2.45) is 0 Å². The van der Waals surface area contributed by atoms with E-state index in [1.54, 1.807) is 0 Å². The Labute approximate surface area is 176 Å². The van der Waals surface area contributed by atoms with Gasteiger partial charge in [0.2, 0.25) is 5.91 Å². The molecule has 1 aromatic carbocycles. The number of carbonyl (C=O) groups excluding carboxylic acids is 1. The summed E-state index contributed by atoms with van der Waals surface area (Å²) < 4.78 is 5.52. The van der Waals surface area contributed by atoms with E-state index in [1.165, 1.54) is 36.7 Å². The van der Waals surface area contributed by atoms with Gasteiger partial charge in [-0.15, -0.1) is 10.2 Å². The molecule has 0 radical (unpaired) electrons. The van der Waals surface area contributed by atoms with E-state index in [0.717, 1.165) is 48.8 Å². The number of benzene rings is 1. The number of hydrogen-bond donors (Lipinski definition) is 1. The van der Waals surface area contributed by atoms with E-state index < -0.39 is 0 Å². The van der Waals surface area contributed by atoms with Crippen molar-refractivity contribution in [2.45, 2.75) is 43.2 Å². The van der Waals surface area contributed by atoms with Crippen LogP contribution in [0.1, 0.15) is 32.1 Å². The first-order valence-corrected chi connectivity index (χ1v) is 11.5. The maximum atomic E-state index is 12.0. The molecule has 2 aliphatic heterocycles. The van der Waals surface area contributed by atoms with Crippen molar-refractivity contribution in [1.29, 1.82) is 0 Å². The third kappa shape index (κ3) is 5.70. The standard InChI is InChI=1S/C22H28N4O2S/c27-21(23-15-19-5-4-14-28-19)16-29-22-11-10-20(24-25-22)17-6-8-18(9-7-17)26-12-2-1-3-13-26/h6-11,19H,1-5,12-16H2,(H,23,27)/t19-/m1/s1. The lowest BCUT2D eigenvalue weighted by atomic mass is 10.1. The van der Waals surface area contributed by atoms with Gasteiger partial charge in [0.15, 0.2) is 0 Å². The van der Waals surface area contributed by atoms with Gasteiger partial charge in [-0.3, -0.25) is 4.79 Å². The zero-order chi connectivity index (χ0) is 19.9. The normalized spacial score (nSPS) is 19.3. The van der Waals surface area contributed by atoms with Gasteiger partial charge < -0.3 is 15.0 Å². The molecular weight excluding hydrogens is 384 g/mol. The number of aromatic nitrogens is 2. The predicted octanol–water partition coefficient (Wildman–Crippen LogP) is 3.52.